The lowest BCUT2D eigenvalue weighted by molar-refractivity contribution is 0.102. The van der Waals surface area contributed by atoms with Crippen molar-refractivity contribution in [3.05, 3.63) is 41.2 Å². The molecule has 0 bridgehead atoms. The van der Waals surface area contributed by atoms with Gasteiger partial charge in [-0.15, -0.1) is 17.5 Å². The Bertz CT molecular complexity index is 765. The van der Waals surface area contributed by atoms with Gasteiger partial charge in [-0.05, 0) is 55.0 Å². The van der Waals surface area contributed by atoms with Gasteiger partial charge in [0.15, 0.2) is 5.69 Å². The van der Waals surface area contributed by atoms with E-state index in [-0.39, 0.29) is 18.3 Å². The summed E-state index contributed by atoms with van der Waals surface area (Å²) in [7, 11) is 0. The van der Waals surface area contributed by atoms with E-state index in [1.54, 1.807) is 6.20 Å². The molecule has 0 radical (unpaired) electrons. The van der Waals surface area contributed by atoms with Crippen LogP contribution in [-0.4, -0.2) is 34.0 Å². The van der Waals surface area contributed by atoms with Gasteiger partial charge >= 0.3 is 0 Å². The zero-order valence-corrected chi connectivity index (χ0v) is 17.3. The first-order chi connectivity index (χ1) is 12.5. The topological polar surface area (TPSA) is 71.8 Å². The molecule has 1 aliphatic rings. The summed E-state index contributed by atoms with van der Waals surface area (Å²) in [4.78, 5) is 12.7. The number of halogens is 1. The number of hydrogen-bond acceptors (Lipinski definition) is 4. The highest BCUT2D eigenvalue weighted by Crippen LogP contribution is 2.28. The molecule has 1 fully saturated rings. The molecule has 2 aromatic rings. The Morgan fingerprint density at radius 3 is 2.52 bits per heavy atom. The molecule has 148 valence electrons. The second-order valence-electron chi connectivity index (χ2n) is 7.68. The lowest BCUT2D eigenvalue weighted by Crippen LogP contribution is -2.29. The Kier molecular flexibility index (Phi) is 7.39. The van der Waals surface area contributed by atoms with E-state index in [0.717, 1.165) is 37.2 Å². The second-order valence-corrected chi connectivity index (χ2v) is 7.68. The smallest absolute Gasteiger partial charge is 0.277 e. The summed E-state index contributed by atoms with van der Waals surface area (Å²) in [6, 6.07) is 6.59. The number of benzene rings is 1. The van der Waals surface area contributed by atoms with Gasteiger partial charge in [0.1, 0.15) is 0 Å². The van der Waals surface area contributed by atoms with Crippen LogP contribution in [0.25, 0.3) is 0 Å². The Morgan fingerprint density at radius 1 is 1.19 bits per heavy atom. The van der Waals surface area contributed by atoms with E-state index in [1.165, 1.54) is 5.56 Å². The summed E-state index contributed by atoms with van der Waals surface area (Å²) in [6.07, 6.45) is 3.79. The maximum Gasteiger partial charge on any atom is 0.277 e. The van der Waals surface area contributed by atoms with Gasteiger partial charge in [0.2, 0.25) is 0 Å². The van der Waals surface area contributed by atoms with Crippen molar-refractivity contribution >= 4 is 24.0 Å². The van der Waals surface area contributed by atoms with Crippen molar-refractivity contribution in [2.24, 2.45) is 0 Å². The number of carbonyl (C=O) groups is 1. The molecule has 6 nitrogen and oxygen atoms in total. The van der Waals surface area contributed by atoms with Gasteiger partial charge < -0.3 is 10.6 Å². The first-order valence-electron chi connectivity index (χ1n) is 9.53. The van der Waals surface area contributed by atoms with Crippen LogP contribution < -0.4 is 10.6 Å². The van der Waals surface area contributed by atoms with Crippen LogP contribution in [0.2, 0.25) is 0 Å². The highest BCUT2D eigenvalue weighted by molar-refractivity contribution is 6.03. The summed E-state index contributed by atoms with van der Waals surface area (Å²) in [5.41, 5.74) is 3.65. The Morgan fingerprint density at radius 2 is 1.89 bits per heavy atom. The Hall–Kier alpha value is -1.92. The summed E-state index contributed by atoms with van der Waals surface area (Å²) in [6.45, 7) is 10.6. The van der Waals surface area contributed by atoms with Crippen LogP contribution in [0.15, 0.2) is 24.4 Å². The number of nitrogens with zero attached hydrogens (tertiary/aromatic N) is 3. The number of anilines is 1. The zero-order valence-electron chi connectivity index (χ0n) is 16.5. The van der Waals surface area contributed by atoms with E-state index >= 15 is 0 Å². The van der Waals surface area contributed by atoms with Crippen LogP contribution in [0.3, 0.4) is 0 Å². The first-order valence-corrected chi connectivity index (χ1v) is 9.53. The molecule has 1 saturated heterocycles. The molecule has 0 aliphatic carbocycles. The van der Waals surface area contributed by atoms with Crippen LogP contribution in [0.1, 0.15) is 80.0 Å². The van der Waals surface area contributed by atoms with Gasteiger partial charge in [-0.25, -0.2) is 4.68 Å². The van der Waals surface area contributed by atoms with Crippen LogP contribution >= 0.6 is 12.4 Å². The number of nitrogens with one attached hydrogen (secondary N) is 2. The molecule has 0 unspecified atom stereocenters. The minimum absolute atomic E-state index is 0. The monoisotopic (exact) mass is 391 g/mol. The molecular formula is C20H30ClN5O. The molecule has 27 heavy (non-hydrogen) atoms. The number of carbonyl (C=O) groups excluding carboxylic acids is 1. The van der Waals surface area contributed by atoms with Gasteiger partial charge in [-0.1, -0.05) is 45.0 Å². The van der Waals surface area contributed by atoms with E-state index in [4.69, 9.17) is 0 Å². The van der Waals surface area contributed by atoms with Crippen LogP contribution in [-0.2, 0) is 0 Å². The normalized spacial score (nSPS) is 15.0. The lowest BCUT2D eigenvalue weighted by Gasteiger charge is -2.22. The van der Waals surface area contributed by atoms with Gasteiger partial charge in [0, 0.05) is 5.69 Å². The predicted octanol–water partition coefficient (Wildman–Crippen LogP) is 4.12. The third kappa shape index (κ3) is 5.08. The van der Waals surface area contributed by atoms with Gasteiger partial charge in [0.25, 0.3) is 5.91 Å². The van der Waals surface area contributed by atoms with Gasteiger partial charge in [-0.2, -0.15) is 0 Å². The van der Waals surface area contributed by atoms with Crippen LogP contribution in [0.4, 0.5) is 5.69 Å². The van der Waals surface area contributed by atoms with Crippen molar-refractivity contribution in [3.8, 4) is 0 Å². The van der Waals surface area contributed by atoms with Crippen molar-refractivity contribution in [3.63, 3.8) is 0 Å². The van der Waals surface area contributed by atoms with E-state index in [9.17, 15) is 4.79 Å². The minimum atomic E-state index is -0.204. The minimum Gasteiger partial charge on any atom is -0.320 e. The number of piperidine rings is 1. The van der Waals surface area contributed by atoms with Crippen molar-refractivity contribution in [2.75, 3.05) is 18.4 Å². The largest absolute Gasteiger partial charge is 0.320 e. The van der Waals surface area contributed by atoms with E-state index in [2.05, 4.69) is 60.8 Å². The average molecular weight is 392 g/mol. The van der Waals surface area contributed by atoms with Crippen molar-refractivity contribution < 1.29 is 4.79 Å². The van der Waals surface area contributed by atoms with Gasteiger partial charge in [0.05, 0.1) is 12.2 Å². The fourth-order valence-electron chi connectivity index (χ4n) is 3.35. The third-order valence-corrected chi connectivity index (χ3v) is 5.04. The Labute approximate surface area is 167 Å². The van der Waals surface area contributed by atoms with E-state index < -0.39 is 0 Å². The number of hydrogen-bond donors (Lipinski definition) is 2. The molecule has 1 amide bonds. The standard InChI is InChI=1S/C20H29N5O.ClH/c1-13(2)15-5-6-18(17(11-15)14(3)4)22-20(26)19-12-25(24-23-19)16-7-9-21-10-8-16;/h5-6,11-14,16,21H,7-10H2,1-4H3,(H,22,26);1H. The fraction of sp³-hybridized carbons (Fsp3) is 0.550. The van der Waals surface area contributed by atoms with Crippen molar-refractivity contribution in [1.82, 2.24) is 20.3 Å². The predicted molar refractivity (Wildman–Crippen MR) is 111 cm³/mol. The molecule has 2 heterocycles. The molecule has 2 N–H and O–H groups in total. The number of aromatic nitrogens is 3. The van der Waals surface area contributed by atoms with Crippen molar-refractivity contribution in [1.29, 1.82) is 0 Å². The molecular weight excluding hydrogens is 362 g/mol. The average Bonchev–Trinajstić information content (AvgIpc) is 3.12. The highest BCUT2D eigenvalue weighted by Gasteiger charge is 2.20. The molecule has 1 aromatic carbocycles. The quantitative estimate of drug-likeness (QED) is 0.804. The molecule has 1 aliphatic heterocycles. The maximum absolute atomic E-state index is 12.7. The van der Waals surface area contributed by atoms with Crippen LogP contribution in [0.5, 0.6) is 0 Å². The van der Waals surface area contributed by atoms with E-state index in [1.807, 2.05) is 10.7 Å². The molecule has 3 rings (SSSR count). The fourth-order valence-corrected chi connectivity index (χ4v) is 3.35. The number of amides is 1. The summed E-state index contributed by atoms with van der Waals surface area (Å²) in [5.74, 6) is 0.584. The molecule has 7 heteroatoms. The SMILES string of the molecule is CC(C)c1ccc(NC(=O)c2cn(C3CCNCC3)nn2)c(C(C)C)c1.Cl. The molecule has 1 aromatic heterocycles. The third-order valence-electron chi connectivity index (χ3n) is 5.04. The molecule has 0 saturated carbocycles. The Balaban J connectivity index is 0.00000261. The lowest BCUT2D eigenvalue weighted by atomic mass is 9.94. The van der Waals surface area contributed by atoms with Gasteiger partial charge in [-0.3, -0.25) is 4.79 Å². The first kappa shape index (κ1) is 21.4. The maximum atomic E-state index is 12.7. The summed E-state index contributed by atoms with van der Waals surface area (Å²) in [5, 5.41) is 14.6. The summed E-state index contributed by atoms with van der Waals surface area (Å²) < 4.78 is 1.83. The van der Waals surface area contributed by atoms with Crippen molar-refractivity contribution in [2.45, 2.75) is 58.4 Å². The molecule has 0 spiro atoms. The highest BCUT2D eigenvalue weighted by atomic mass is 35.5. The van der Waals surface area contributed by atoms with Crippen LogP contribution in [0, 0.1) is 0 Å². The molecule has 0 atom stereocenters. The zero-order chi connectivity index (χ0) is 18.7. The summed E-state index contributed by atoms with van der Waals surface area (Å²) >= 11 is 0. The van der Waals surface area contributed by atoms with E-state index in [0.29, 0.717) is 23.6 Å². The number of rotatable bonds is 5. The second kappa shape index (κ2) is 9.33.